The lowest BCUT2D eigenvalue weighted by atomic mass is 10.1. The van der Waals surface area contributed by atoms with Crippen molar-refractivity contribution in [1.82, 2.24) is 4.90 Å². The normalized spacial score (nSPS) is 11.0. The van der Waals surface area contributed by atoms with Crippen LogP contribution in [0.1, 0.15) is 5.56 Å². The van der Waals surface area contributed by atoms with Crippen molar-refractivity contribution in [2.75, 3.05) is 32.0 Å². The summed E-state index contributed by atoms with van der Waals surface area (Å²) in [6.45, 7) is 1.87. The van der Waals surface area contributed by atoms with Crippen LogP contribution in [-0.2, 0) is 6.54 Å². The van der Waals surface area contributed by atoms with Gasteiger partial charge >= 0.3 is 0 Å². The van der Waals surface area contributed by atoms with E-state index in [0.29, 0.717) is 19.6 Å². The molecule has 0 fully saturated rings. The molecule has 0 bridgehead atoms. The Labute approximate surface area is 104 Å². The Hall–Kier alpha value is -0.620. The molecule has 1 rings (SSSR count). The van der Waals surface area contributed by atoms with Crippen LogP contribution in [0.4, 0.5) is 5.69 Å². The monoisotopic (exact) mass is 288 g/mol. The molecule has 0 heterocycles. The SMILES string of the molecule is Nc1cc(Br)ccc1CN(CCO)CCO. The Morgan fingerprint density at radius 2 is 1.81 bits per heavy atom. The molecule has 5 heteroatoms. The summed E-state index contributed by atoms with van der Waals surface area (Å²) in [5, 5.41) is 17.8. The van der Waals surface area contributed by atoms with Gasteiger partial charge < -0.3 is 15.9 Å². The largest absolute Gasteiger partial charge is 0.398 e. The maximum absolute atomic E-state index is 8.89. The lowest BCUT2D eigenvalue weighted by Crippen LogP contribution is -2.29. The number of aliphatic hydroxyl groups is 2. The number of nitrogens with zero attached hydrogens (tertiary/aromatic N) is 1. The van der Waals surface area contributed by atoms with E-state index in [4.69, 9.17) is 15.9 Å². The number of benzene rings is 1. The van der Waals surface area contributed by atoms with Crippen LogP contribution in [0.3, 0.4) is 0 Å². The van der Waals surface area contributed by atoms with E-state index in [1.807, 2.05) is 23.1 Å². The summed E-state index contributed by atoms with van der Waals surface area (Å²) in [5.74, 6) is 0. The van der Waals surface area contributed by atoms with Gasteiger partial charge in [-0.2, -0.15) is 0 Å². The van der Waals surface area contributed by atoms with E-state index >= 15 is 0 Å². The maximum atomic E-state index is 8.89. The molecule has 90 valence electrons. The fourth-order valence-corrected chi connectivity index (χ4v) is 1.88. The fraction of sp³-hybridized carbons (Fsp3) is 0.455. The zero-order valence-corrected chi connectivity index (χ0v) is 10.7. The lowest BCUT2D eigenvalue weighted by Gasteiger charge is -2.21. The smallest absolute Gasteiger partial charge is 0.0558 e. The standard InChI is InChI=1S/C11H17BrN2O2/c12-10-2-1-9(11(13)7-10)8-14(3-5-15)4-6-16/h1-2,7,15-16H,3-6,8,13H2. The van der Waals surface area contributed by atoms with Gasteiger partial charge in [-0.25, -0.2) is 0 Å². The first-order chi connectivity index (χ1) is 7.67. The summed E-state index contributed by atoms with van der Waals surface area (Å²) in [6, 6.07) is 5.73. The van der Waals surface area contributed by atoms with E-state index in [1.165, 1.54) is 0 Å². The molecular formula is C11H17BrN2O2. The first-order valence-electron chi connectivity index (χ1n) is 5.15. The summed E-state index contributed by atoms with van der Waals surface area (Å²) >= 11 is 3.35. The van der Waals surface area contributed by atoms with Crippen molar-refractivity contribution >= 4 is 21.6 Å². The second-order valence-corrected chi connectivity index (χ2v) is 4.48. The molecule has 0 aromatic heterocycles. The highest BCUT2D eigenvalue weighted by molar-refractivity contribution is 9.10. The van der Waals surface area contributed by atoms with Crippen LogP contribution in [0.25, 0.3) is 0 Å². The molecule has 0 radical (unpaired) electrons. The van der Waals surface area contributed by atoms with Crippen LogP contribution in [-0.4, -0.2) is 41.4 Å². The van der Waals surface area contributed by atoms with E-state index in [-0.39, 0.29) is 13.2 Å². The first-order valence-corrected chi connectivity index (χ1v) is 5.94. The molecule has 0 atom stereocenters. The van der Waals surface area contributed by atoms with Gasteiger partial charge in [-0.05, 0) is 17.7 Å². The van der Waals surface area contributed by atoms with E-state index in [9.17, 15) is 0 Å². The van der Waals surface area contributed by atoms with Crippen molar-refractivity contribution in [2.45, 2.75) is 6.54 Å². The first kappa shape index (κ1) is 13.4. The molecular weight excluding hydrogens is 272 g/mol. The third kappa shape index (κ3) is 4.09. The van der Waals surface area contributed by atoms with Gasteiger partial charge in [-0.15, -0.1) is 0 Å². The van der Waals surface area contributed by atoms with Gasteiger partial charge in [0, 0.05) is 29.8 Å². The third-order valence-electron chi connectivity index (χ3n) is 2.33. The van der Waals surface area contributed by atoms with E-state index < -0.39 is 0 Å². The predicted molar refractivity (Wildman–Crippen MR) is 68.0 cm³/mol. The Morgan fingerprint density at radius 1 is 1.19 bits per heavy atom. The maximum Gasteiger partial charge on any atom is 0.0558 e. The Balaban J connectivity index is 2.68. The molecule has 0 saturated carbocycles. The highest BCUT2D eigenvalue weighted by atomic mass is 79.9. The average Bonchev–Trinajstić information content (AvgIpc) is 2.23. The topological polar surface area (TPSA) is 69.7 Å². The van der Waals surface area contributed by atoms with E-state index in [0.717, 1.165) is 15.7 Å². The van der Waals surface area contributed by atoms with E-state index in [2.05, 4.69) is 15.9 Å². The second kappa shape index (κ2) is 6.85. The van der Waals surface area contributed by atoms with Crippen LogP contribution in [0.15, 0.2) is 22.7 Å². The number of aliphatic hydroxyl groups excluding tert-OH is 2. The van der Waals surface area contributed by atoms with Crippen molar-refractivity contribution in [3.63, 3.8) is 0 Å². The number of anilines is 1. The Kier molecular flexibility index (Phi) is 5.76. The molecule has 0 aliphatic carbocycles. The van der Waals surface area contributed by atoms with Crippen LogP contribution in [0, 0.1) is 0 Å². The predicted octanol–water partition coefficient (Wildman–Crippen LogP) is 0.818. The van der Waals surface area contributed by atoms with Gasteiger partial charge in [0.25, 0.3) is 0 Å². The van der Waals surface area contributed by atoms with Crippen LogP contribution in [0.2, 0.25) is 0 Å². The minimum Gasteiger partial charge on any atom is -0.398 e. The van der Waals surface area contributed by atoms with E-state index in [1.54, 1.807) is 0 Å². The molecule has 16 heavy (non-hydrogen) atoms. The van der Waals surface area contributed by atoms with Gasteiger partial charge in [0.2, 0.25) is 0 Å². The molecule has 0 aliphatic rings. The van der Waals surface area contributed by atoms with Gasteiger partial charge in [0.1, 0.15) is 0 Å². The average molecular weight is 289 g/mol. The summed E-state index contributed by atoms with van der Waals surface area (Å²) in [4.78, 5) is 1.96. The molecule has 0 amide bonds. The molecule has 0 aliphatic heterocycles. The molecule has 1 aromatic rings. The molecule has 0 unspecified atom stereocenters. The van der Waals surface area contributed by atoms with Crippen molar-refractivity contribution in [2.24, 2.45) is 0 Å². The zero-order valence-electron chi connectivity index (χ0n) is 9.06. The van der Waals surface area contributed by atoms with Gasteiger partial charge in [-0.3, -0.25) is 4.90 Å². The molecule has 0 saturated heterocycles. The van der Waals surface area contributed by atoms with Gasteiger partial charge in [0.15, 0.2) is 0 Å². The second-order valence-electron chi connectivity index (χ2n) is 3.57. The molecule has 4 nitrogen and oxygen atoms in total. The minimum absolute atomic E-state index is 0.0798. The summed E-state index contributed by atoms with van der Waals surface area (Å²) in [5.41, 5.74) is 7.60. The number of nitrogen functional groups attached to an aromatic ring is 1. The third-order valence-corrected chi connectivity index (χ3v) is 2.83. The number of hydrogen-bond donors (Lipinski definition) is 3. The van der Waals surface area contributed by atoms with Crippen LogP contribution in [0.5, 0.6) is 0 Å². The zero-order chi connectivity index (χ0) is 12.0. The van der Waals surface area contributed by atoms with Crippen molar-refractivity contribution < 1.29 is 10.2 Å². The van der Waals surface area contributed by atoms with Crippen LogP contribution < -0.4 is 5.73 Å². The summed E-state index contributed by atoms with van der Waals surface area (Å²) in [6.07, 6.45) is 0. The molecule has 4 N–H and O–H groups in total. The number of nitrogens with two attached hydrogens (primary N) is 1. The molecule has 0 spiro atoms. The Morgan fingerprint density at radius 3 is 2.31 bits per heavy atom. The lowest BCUT2D eigenvalue weighted by molar-refractivity contribution is 0.156. The highest BCUT2D eigenvalue weighted by Gasteiger charge is 2.07. The van der Waals surface area contributed by atoms with Gasteiger partial charge in [-0.1, -0.05) is 22.0 Å². The minimum atomic E-state index is 0.0798. The van der Waals surface area contributed by atoms with Crippen molar-refractivity contribution in [3.8, 4) is 0 Å². The number of halogens is 1. The van der Waals surface area contributed by atoms with Crippen molar-refractivity contribution in [1.29, 1.82) is 0 Å². The number of hydrogen-bond acceptors (Lipinski definition) is 4. The Bertz CT molecular complexity index is 328. The summed E-state index contributed by atoms with van der Waals surface area (Å²) < 4.78 is 0.949. The summed E-state index contributed by atoms with van der Waals surface area (Å²) in [7, 11) is 0. The molecule has 1 aromatic carbocycles. The van der Waals surface area contributed by atoms with Gasteiger partial charge in [0.05, 0.1) is 13.2 Å². The van der Waals surface area contributed by atoms with Crippen LogP contribution >= 0.6 is 15.9 Å². The van der Waals surface area contributed by atoms with Crippen molar-refractivity contribution in [3.05, 3.63) is 28.2 Å². The quantitative estimate of drug-likeness (QED) is 0.678. The number of rotatable bonds is 6. The highest BCUT2D eigenvalue weighted by Crippen LogP contribution is 2.19. The fourth-order valence-electron chi connectivity index (χ4n) is 1.50.